The molecule has 0 aliphatic heterocycles. The number of carbonyl (C=O) groups excluding carboxylic acids is 1. The molecule has 0 bridgehead atoms. The molecule has 0 saturated carbocycles. The van der Waals surface area contributed by atoms with Crippen LogP contribution in [0.15, 0.2) is 27.4 Å². The fourth-order valence-corrected chi connectivity index (χ4v) is 2.40. The quantitative estimate of drug-likeness (QED) is 0.456. The summed E-state index contributed by atoms with van der Waals surface area (Å²) in [6.07, 6.45) is 0. The van der Waals surface area contributed by atoms with Crippen molar-refractivity contribution in [3.05, 3.63) is 44.3 Å². The summed E-state index contributed by atoms with van der Waals surface area (Å²) in [4.78, 5) is 35.7. The third-order valence-electron chi connectivity index (χ3n) is 3.69. The van der Waals surface area contributed by atoms with Crippen LogP contribution < -0.4 is 10.4 Å². The largest absolute Gasteiger partial charge is 0.477 e. The van der Waals surface area contributed by atoms with Crippen molar-refractivity contribution in [1.82, 2.24) is 4.90 Å². The number of hydrogen-bond acceptors (Lipinski definition) is 6. The zero-order valence-corrected chi connectivity index (χ0v) is 13.7. The van der Waals surface area contributed by atoms with Crippen molar-refractivity contribution in [1.29, 1.82) is 0 Å². The molecule has 0 N–H and O–H groups in total. The SMILES string of the molecule is CCN(CC)C(=O)COc1cc2oc(=O)cc(C)c2cc1[N+](=O)[O-]. The number of hydrogen-bond donors (Lipinski definition) is 0. The normalized spacial score (nSPS) is 10.6. The lowest BCUT2D eigenvalue weighted by atomic mass is 10.1. The summed E-state index contributed by atoms with van der Waals surface area (Å²) in [5.74, 6) is -0.387. The van der Waals surface area contributed by atoms with Crippen molar-refractivity contribution in [3.63, 3.8) is 0 Å². The summed E-state index contributed by atoms with van der Waals surface area (Å²) in [5, 5.41) is 11.7. The van der Waals surface area contributed by atoms with Crippen molar-refractivity contribution in [3.8, 4) is 5.75 Å². The van der Waals surface area contributed by atoms with Gasteiger partial charge in [-0.25, -0.2) is 4.79 Å². The van der Waals surface area contributed by atoms with Gasteiger partial charge in [-0.15, -0.1) is 0 Å². The Labute approximate surface area is 137 Å². The lowest BCUT2D eigenvalue weighted by Gasteiger charge is -2.18. The Kier molecular flexibility index (Phi) is 5.18. The molecule has 128 valence electrons. The second-order valence-electron chi connectivity index (χ2n) is 5.18. The molecule has 2 rings (SSSR count). The van der Waals surface area contributed by atoms with E-state index in [4.69, 9.17) is 9.15 Å². The Morgan fingerprint density at radius 3 is 2.54 bits per heavy atom. The average Bonchev–Trinajstić information content (AvgIpc) is 2.52. The van der Waals surface area contributed by atoms with Crippen molar-refractivity contribution >= 4 is 22.6 Å². The molecular formula is C16H18N2O6. The number of ether oxygens (including phenoxy) is 1. The van der Waals surface area contributed by atoms with Crippen LogP contribution in [-0.4, -0.2) is 35.4 Å². The Morgan fingerprint density at radius 1 is 1.29 bits per heavy atom. The molecule has 24 heavy (non-hydrogen) atoms. The van der Waals surface area contributed by atoms with Gasteiger partial charge in [0.1, 0.15) is 5.58 Å². The van der Waals surface area contributed by atoms with Gasteiger partial charge in [-0.3, -0.25) is 14.9 Å². The first-order chi connectivity index (χ1) is 11.4. The molecule has 0 atom stereocenters. The van der Waals surface area contributed by atoms with Gasteiger partial charge < -0.3 is 14.1 Å². The highest BCUT2D eigenvalue weighted by Crippen LogP contribution is 2.33. The second kappa shape index (κ2) is 7.12. The smallest absolute Gasteiger partial charge is 0.336 e. The first kappa shape index (κ1) is 17.5. The van der Waals surface area contributed by atoms with E-state index in [1.165, 1.54) is 18.2 Å². The van der Waals surface area contributed by atoms with E-state index >= 15 is 0 Å². The zero-order chi connectivity index (χ0) is 17.9. The van der Waals surface area contributed by atoms with E-state index in [0.717, 1.165) is 0 Å². The maximum absolute atomic E-state index is 12.0. The molecule has 0 spiro atoms. The van der Waals surface area contributed by atoms with Gasteiger partial charge in [0, 0.05) is 36.7 Å². The monoisotopic (exact) mass is 334 g/mol. The van der Waals surface area contributed by atoms with Crippen LogP contribution in [0.2, 0.25) is 0 Å². The van der Waals surface area contributed by atoms with E-state index in [1.807, 2.05) is 13.8 Å². The highest BCUT2D eigenvalue weighted by Gasteiger charge is 2.20. The molecule has 2 aromatic rings. The molecule has 0 aliphatic carbocycles. The van der Waals surface area contributed by atoms with Crippen LogP contribution in [0.5, 0.6) is 5.75 Å². The summed E-state index contributed by atoms with van der Waals surface area (Å²) < 4.78 is 10.4. The molecule has 0 radical (unpaired) electrons. The number of nitro benzene ring substituents is 1. The van der Waals surface area contributed by atoms with Crippen LogP contribution in [0.1, 0.15) is 19.4 Å². The molecule has 1 heterocycles. The number of likely N-dealkylation sites (N-methyl/N-ethyl adjacent to an activating group) is 1. The topological polar surface area (TPSA) is 103 Å². The first-order valence-corrected chi connectivity index (χ1v) is 7.50. The van der Waals surface area contributed by atoms with Crippen LogP contribution in [0.3, 0.4) is 0 Å². The molecule has 0 saturated heterocycles. The van der Waals surface area contributed by atoms with Gasteiger partial charge in [-0.2, -0.15) is 0 Å². The predicted octanol–water partition coefficient (Wildman–Crippen LogP) is 2.26. The number of carbonyl (C=O) groups is 1. The third kappa shape index (κ3) is 3.53. The highest BCUT2D eigenvalue weighted by atomic mass is 16.6. The molecule has 0 aliphatic rings. The molecule has 8 nitrogen and oxygen atoms in total. The highest BCUT2D eigenvalue weighted by molar-refractivity contribution is 5.85. The van der Waals surface area contributed by atoms with Crippen LogP contribution in [0.4, 0.5) is 5.69 Å². The molecule has 0 unspecified atom stereocenters. The predicted molar refractivity (Wildman–Crippen MR) is 87.3 cm³/mol. The Morgan fingerprint density at radius 2 is 1.96 bits per heavy atom. The molecule has 8 heteroatoms. The van der Waals surface area contributed by atoms with Crippen LogP contribution in [0.25, 0.3) is 11.0 Å². The standard InChI is InChI=1S/C16H18N2O6/c1-4-17(5-2)15(19)9-23-14-8-13-11(7-12(14)18(21)22)10(3)6-16(20)24-13/h6-8H,4-5,9H2,1-3H3. The van der Waals surface area contributed by atoms with E-state index in [1.54, 1.807) is 11.8 Å². The molecule has 1 aromatic heterocycles. The van der Waals surface area contributed by atoms with E-state index < -0.39 is 10.5 Å². The van der Waals surface area contributed by atoms with Crippen molar-refractivity contribution in [2.45, 2.75) is 20.8 Å². The minimum Gasteiger partial charge on any atom is -0.477 e. The van der Waals surface area contributed by atoms with E-state index in [0.29, 0.717) is 24.0 Å². The number of rotatable bonds is 6. The molecular weight excluding hydrogens is 316 g/mol. The van der Waals surface area contributed by atoms with Gasteiger partial charge in [0.05, 0.1) is 4.92 Å². The van der Waals surface area contributed by atoms with Crippen molar-refractivity contribution in [2.24, 2.45) is 0 Å². The fraction of sp³-hybridized carbons (Fsp3) is 0.375. The first-order valence-electron chi connectivity index (χ1n) is 7.50. The number of aryl methyl sites for hydroxylation is 1. The summed E-state index contributed by atoms with van der Waals surface area (Å²) in [7, 11) is 0. The number of benzene rings is 1. The molecule has 0 fully saturated rings. The summed E-state index contributed by atoms with van der Waals surface area (Å²) in [6.45, 7) is 6.03. The van der Waals surface area contributed by atoms with E-state index in [2.05, 4.69) is 0 Å². The minimum atomic E-state index is -0.596. The Hall–Kier alpha value is -2.90. The van der Waals surface area contributed by atoms with Gasteiger partial charge in [0.25, 0.3) is 5.91 Å². The fourth-order valence-electron chi connectivity index (χ4n) is 2.40. The van der Waals surface area contributed by atoms with Gasteiger partial charge in [-0.1, -0.05) is 0 Å². The number of nitro groups is 1. The Balaban J connectivity index is 2.41. The number of fused-ring (bicyclic) bond motifs is 1. The summed E-state index contributed by atoms with van der Waals surface area (Å²) in [6, 6.07) is 3.82. The second-order valence-corrected chi connectivity index (χ2v) is 5.18. The average molecular weight is 334 g/mol. The van der Waals surface area contributed by atoms with Crippen LogP contribution in [-0.2, 0) is 4.79 Å². The van der Waals surface area contributed by atoms with Crippen molar-refractivity contribution < 1.29 is 18.9 Å². The molecule has 1 amide bonds. The minimum absolute atomic E-state index is 0.109. The van der Waals surface area contributed by atoms with Gasteiger partial charge in [-0.05, 0) is 26.3 Å². The lowest BCUT2D eigenvalue weighted by Crippen LogP contribution is -2.34. The number of nitrogens with zero attached hydrogens (tertiary/aromatic N) is 2. The zero-order valence-electron chi connectivity index (χ0n) is 13.7. The van der Waals surface area contributed by atoms with Gasteiger partial charge in [0.15, 0.2) is 6.61 Å². The maximum Gasteiger partial charge on any atom is 0.336 e. The van der Waals surface area contributed by atoms with E-state index in [9.17, 15) is 19.7 Å². The molecule has 1 aromatic carbocycles. The van der Waals surface area contributed by atoms with Gasteiger partial charge >= 0.3 is 11.3 Å². The summed E-state index contributed by atoms with van der Waals surface area (Å²) >= 11 is 0. The lowest BCUT2D eigenvalue weighted by molar-refractivity contribution is -0.385. The van der Waals surface area contributed by atoms with E-state index in [-0.39, 0.29) is 29.5 Å². The van der Waals surface area contributed by atoms with Crippen LogP contribution in [0, 0.1) is 17.0 Å². The van der Waals surface area contributed by atoms with Crippen LogP contribution >= 0.6 is 0 Å². The van der Waals surface area contributed by atoms with Gasteiger partial charge in [0.2, 0.25) is 5.75 Å². The third-order valence-corrected chi connectivity index (χ3v) is 3.69. The maximum atomic E-state index is 12.0. The summed E-state index contributed by atoms with van der Waals surface area (Å²) in [5.41, 5.74) is -0.100. The Bertz CT molecular complexity index is 838. The van der Waals surface area contributed by atoms with Crippen molar-refractivity contribution in [2.75, 3.05) is 19.7 Å². The number of amides is 1.